The van der Waals surface area contributed by atoms with Gasteiger partial charge in [0.05, 0.1) is 12.5 Å². The molecule has 22 heavy (non-hydrogen) atoms. The van der Waals surface area contributed by atoms with Crippen LogP contribution in [0.15, 0.2) is 48.5 Å². The lowest BCUT2D eigenvalue weighted by Gasteiger charge is -2.21. The van der Waals surface area contributed by atoms with E-state index in [2.05, 4.69) is 68.4 Å². The van der Waals surface area contributed by atoms with Crippen molar-refractivity contribution < 1.29 is 4.48 Å². The first kappa shape index (κ1) is 14.8. The van der Waals surface area contributed by atoms with Crippen LogP contribution in [0, 0.1) is 25.2 Å². The van der Waals surface area contributed by atoms with Gasteiger partial charge in [0.2, 0.25) is 0 Å². The van der Waals surface area contributed by atoms with Crippen molar-refractivity contribution >= 4 is 0 Å². The first-order valence-corrected chi connectivity index (χ1v) is 7.95. The Balaban J connectivity index is 1.78. The highest BCUT2D eigenvalue weighted by Gasteiger charge is 2.54. The van der Waals surface area contributed by atoms with E-state index in [1.54, 1.807) is 0 Å². The van der Waals surface area contributed by atoms with Gasteiger partial charge in [-0.1, -0.05) is 59.7 Å². The van der Waals surface area contributed by atoms with E-state index < -0.39 is 0 Å². The van der Waals surface area contributed by atoms with Crippen molar-refractivity contribution in [1.29, 1.82) is 5.26 Å². The number of quaternary nitrogens is 1. The molecule has 0 aliphatic carbocycles. The molecule has 2 heteroatoms. The van der Waals surface area contributed by atoms with E-state index in [4.69, 9.17) is 5.26 Å². The molecule has 1 unspecified atom stereocenters. The Bertz CT molecular complexity index is 630. The Morgan fingerprint density at radius 3 is 1.77 bits per heavy atom. The molecule has 1 atom stereocenters. The Morgan fingerprint density at radius 2 is 1.36 bits per heavy atom. The maximum atomic E-state index is 9.05. The second-order valence-electron chi connectivity index (χ2n) is 6.70. The Hall–Kier alpha value is -2.11. The van der Waals surface area contributed by atoms with Crippen LogP contribution in [-0.2, 0) is 13.1 Å². The first-order chi connectivity index (χ1) is 10.6. The fraction of sp³-hybridized carbons (Fsp3) is 0.350. The Kier molecular flexibility index (Phi) is 4.00. The molecule has 0 saturated carbocycles. The number of hydrogen-bond acceptors (Lipinski definition) is 1. The van der Waals surface area contributed by atoms with E-state index in [1.165, 1.54) is 22.3 Å². The van der Waals surface area contributed by atoms with Gasteiger partial charge in [-0.25, -0.2) is 0 Å². The highest BCUT2D eigenvalue weighted by atomic mass is 15.5. The molecule has 0 spiro atoms. The van der Waals surface area contributed by atoms with Gasteiger partial charge in [-0.2, -0.15) is 5.26 Å². The van der Waals surface area contributed by atoms with E-state index in [0.29, 0.717) is 12.5 Å². The lowest BCUT2D eigenvalue weighted by Crippen LogP contribution is -2.28. The number of rotatable bonds is 5. The van der Waals surface area contributed by atoms with E-state index in [9.17, 15) is 0 Å². The number of nitrogens with zero attached hydrogens (tertiary/aromatic N) is 2. The average molecular weight is 291 g/mol. The molecular weight excluding hydrogens is 268 g/mol. The van der Waals surface area contributed by atoms with Gasteiger partial charge < -0.3 is 4.48 Å². The van der Waals surface area contributed by atoms with Crippen molar-refractivity contribution in [3.8, 4) is 6.07 Å². The summed E-state index contributed by atoms with van der Waals surface area (Å²) < 4.78 is 1.03. The van der Waals surface area contributed by atoms with Gasteiger partial charge in [0, 0.05) is 11.1 Å². The Morgan fingerprint density at radius 1 is 0.909 bits per heavy atom. The summed E-state index contributed by atoms with van der Waals surface area (Å²) in [4.78, 5) is 0. The monoisotopic (exact) mass is 291 g/mol. The van der Waals surface area contributed by atoms with Crippen molar-refractivity contribution in [2.75, 3.05) is 6.54 Å². The highest BCUT2D eigenvalue weighted by Crippen LogP contribution is 2.38. The van der Waals surface area contributed by atoms with Gasteiger partial charge in [-0.3, -0.25) is 0 Å². The second kappa shape index (κ2) is 5.94. The standard InChI is InChI=1S/C20H23N2/c1-16-3-7-18(8-4-16)13-22(15-20(22)11-12-21)14-19-9-5-17(2)6-10-19/h3-10,20H,11,13-15H2,1-2H3/q+1. The van der Waals surface area contributed by atoms with Crippen molar-refractivity contribution in [3.05, 3.63) is 70.8 Å². The third-order valence-electron chi connectivity index (χ3n) is 4.78. The molecule has 112 valence electrons. The van der Waals surface area contributed by atoms with Gasteiger partial charge in [-0.05, 0) is 13.8 Å². The molecule has 1 aliphatic heterocycles. The van der Waals surface area contributed by atoms with Crippen molar-refractivity contribution in [2.45, 2.75) is 39.4 Å². The van der Waals surface area contributed by atoms with E-state index in [0.717, 1.165) is 24.1 Å². The van der Waals surface area contributed by atoms with Gasteiger partial charge in [-0.15, -0.1) is 0 Å². The summed E-state index contributed by atoms with van der Waals surface area (Å²) in [5.74, 6) is 0. The summed E-state index contributed by atoms with van der Waals surface area (Å²) in [5, 5.41) is 9.05. The fourth-order valence-corrected chi connectivity index (χ4v) is 3.29. The zero-order chi connectivity index (χ0) is 15.6. The summed E-state index contributed by atoms with van der Waals surface area (Å²) in [6, 6.07) is 20.5. The van der Waals surface area contributed by atoms with Crippen LogP contribution >= 0.6 is 0 Å². The minimum absolute atomic E-state index is 0.493. The third-order valence-corrected chi connectivity index (χ3v) is 4.78. The minimum atomic E-state index is 0.493. The maximum Gasteiger partial charge on any atom is 0.152 e. The quantitative estimate of drug-likeness (QED) is 0.600. The van der Waals surface area contributed by atoms with Crippen LogP contribution in [0.3, 0.4) is 0 Å². The molecule has 2 aromatic rings. The maximum absolute atomic E-state index is 9.05. The SMILES string of the molecule is Cc1ccc(C[N+]2(Cc3ccc(C)cc3)CC2CC#N)cc1. The zero-order valence-electron chi connectivity index (χ0n) is 13.4. The van der Waals surface area contributed by atoms with E-state index in [1.807, 2.05) is 0 Å². The van der Waals surface area contributed by atoms with Crippen LogP contribution < -0.4 is 0 Å². The van der Waals surface area contributed by atoms with Crippen molar-refractivity contribution in [1.82, 2.24) is 0 Å². The topological polar surface area (TPSA) is 23.8 Å². The number of benzene rings is 2. The highest BCUT2D eigenvalue weighted by molar-refractivity contribution is 5.22. The molecule has 2 nitrogen and oxygen atoms in total. The van der Waals surface area contributed by atoms with Gasteiger partial charge in [0.15, 0.2) is 6.04 Å². The smallest absolute Gasteiger partial charge is 0.152 e. The molecule has 0 amide bonds. The molecule has 3 rings (SSSR count). The molecule has 1 aliphatic rings. The average Bonchev–Trinajstić information content (AvgIpc) is 3.16. The first-order valence-electron chi connectivity index (χ1n) is 7.95. The molecule has 1 saturated heterocycles. The number of aryl methyl sites for hydroxylation is 2. The minimum Gasteiger partial charge on any atom is -0.303 e. The lowest BCUT2D eigenvalue weighted by molar-refractivity contribution is -0.841. The van der Waals surface area contributed by atoms with Crippen LogP contribution in [0.5, 0.6) is 0 Å². The molecule has 0 N–H and O–H groups in total. The normalized spacial score (nSPS) is 18.7. The predicted molar refractivity (Wildman–Crippen MR) is 88.9 cm³/mol. The molecule has 0 aromatic heterocycles. The Labute approximate surface area is 133 Å². The molecular formula is C20H23N2+. The lowest BCUT2D eigenvalue weighted by atomic mass is 10.1. The van der Waals surface area contributed by atoms with Crippen molar-refractivity contribution in [3.63, 3.8) is 0 Å². The van der Waals surface area contributed by atoms with Crippen LogP contribution in [-0.4, -0.2) is 17.1 Å². The molecule has 1 fully saturated rings. The summed E-state index contributed by atoms with van der Waals surface area (Å²) >= 11 is 0. The molecule has 1 heterocycles. The summed E-state index contributed by atoms with van der Waals surface area (Å²) in [5.41, 5.74) is 5.35. The number of hydrogen-bond donors (Lipinski definition) is 0. The van der Waals surface area contributed by atoms with Gasteiger partial charge in [0.25, 0.3) is 0 Å². The van der Waals surface area contributed by atoms with Gasteiger partial charge in [0.1, 0.15) is 19.6 Å². The van der Waals surface area contributed by atoms with Crippen LogP contribution in [0.25, 0.3) is 0 Å². The summed E-state index contributed by atoms with van der Waals surface area (Å²) in [6.07, 6.45) is 0.664. The van der Waals surface area contributed by atoms with E-state index >= 15 is 0 Å². The largest absolute Gasteiger partial charge is 0.303 e. The summed E-state index contributed by atoms with van der Waals surface area (Å²) in [6.45, 7) is 7.42. The van der Waals surface area contributed by atoms with Crippen molar-refractivity contribution in [2.24, 2.45) is 0 Å². The molecule has 0 radical (unpaired) electrons. The second-order valence-corrected chi connectivity index (χ2v) is 6.70. The van der Waals surface area contributed by atoms with Crippen LogP contribution in [0.2, 0.25) is 0 Å². The van der Waals surface area contributed by atoms with Gasteiger partial charge >= 0.3 is 0 Å². The zero-order valence-corrected chi connectivity index (χ0v) is 13.4. The van der Waals surface area contributed by atoms with Crippen LogP contribution in [0.1, 0.15) is 28.7 Å². The molecule has 0 bridgehead atoms. The fourth-order valence-electron chi connectivity index (χ4n) is 3.29. The summed E-state index contributed by atoms with van der Waals surface area (Å²) in [7, 11) is 0. The third kappa shape index (κ3) is 3.21. The van der Waals surface area contributed by atoms with Crippen LogP contribution in [0.4, 0.5) is 0 Å². The van der Waals surface area contributed by atoms with E-state index in [-0.39, 0.29) is 0 Å². The number of nitriles is 1. The predicted octanol–water partition coefficient (Wildman–Crippen LogP) is 4.12. The molecule has 2 aromatic carbocycles.